The van der Waals surface area contributed by atoms with Crippen LogP contribution in [0.1, 0.15) is 62.1 Å². The second kappa shape index (κ2) is 11.1. The van der Waals surface area contributed by atoms with Gasteiger partial charge in [-0.3, -0.25) is 4.79 Å². The van der Waals surface area contributed by atoms with E-state index in [4.69, 9.17) is 16.3 Å². The van der Waals surface area contributed by atoms with Crippen LogP contribution in [0, 0.1) is 11.3 Å². The zero-order chi connectivity index (χ0) is 30.6. The lowest BCUT2D eigenvalue weighted by atomic mass is 9.58. The lowest BCUT2D eigenvalue weighted by Gasteiger charge is -2.53. The zero-order valence-electron chi connectivity index (χ0n) is 24.9. The van der Waals surface area contributed by atoms with Gasteiger partial charge in [-0.1, -0.05) is 42.8 Å². The molecule has 9 heteroatoms. The summed E-state index contributed by atoms with van der Waals surface area (Å²) >= 11 is 6.40. The molecule has 3 N–H and O–H groups in total. The minimum absolute atomic E-state index is 0.0876. The maximum Gasteiger partial charge on any atom is 0.340 e. The Morgan fingerprint density at radius 3 is 2.67 bits per heavy atom. The van der Waals surface area contributed by atoms with Gasteiger partial charge in [0.1, 0.15) is 5.75 Å². The topological polar surface area (TPSA) is 111 Å². The van der Waals surface area contributed by atoms with Crippen LogP contribution in [0.5, 0.6) is 5.75 Å². The summed E-state index contributed by atoms with van der Waals surface area (Å²) in [4.78, 5) is 29.4. The van der Waals surface area contributed by atoms with E-state index in [0.717, 1.165) is 32.1 Å². The largest absolute Gasteiger partial charge is 0.490 e. The summed E-state index contributed by atoms with van der Waals surface area (Å²) in [5, 5.41) is 33.8. The first-order chi connectivity index (χ1) is 20.4. The minimum atomic E-state index is -2.41. The molecule has 5 atom stereocenters. The third-order valence-electron chi connectivity index (χ3n) is 10.6. The second-order valence-electron chi connectivity index (χ2n) is 13.5. The fraction of sp³-hybridized carbons (Fsp3) is 0.529. The monoisotopic (exact) mass is 608 g/mol. The Kier molecular flexibility index (Phi) is 7.76. The second-order valence-corrected chi connectivity index (χ2v) is 13.9. The van der Waals surface area contributed by atoms with Crippen LogP contribution >= 0.6 is 11.6 Å². The molecule has 0 aromatic heterocycles. The van der Waals surface area contributed by atoms with E-state index in [-0.39, 0.29) is 28.9 Å². The van der Waals surface area contributed by atoms with E-state index in [9.17, 15) is 24.9 Å². The Morgan fingerprint density at radius 1 is 1.12 bits per heavy atom. The molecule has 1 amide bonds. The molecule has 2 aromatic carbocycles. The number of hydrogen-bond acceptors (Lipinski definition) is 6. The number of halogens is 1. The summed E-state index contributed by atoms with van der Waals surface area (Å²) < 4.78 is 6.56. The van der Waals surface area contributed by atoms with Gasteiger partial charge in [-0.15, -0.1) is 0 Å². The van der Waals surface area contributed by atoms with Crippen LogP contribution in [0.3, 0.4) is 0 Å². The van der Waals surface area contributed by atoms with Gasteiger partial charge in [0, 0.05) is 37.1 Å². The van der Waals surface area contributed by atoms with E-state index < -0.39 is 30.0 Å². The van der Waals surface area contributed by atoms with Crippen molar-refractivity contribution in [2.45, 2.75) is 69.0 Å². The average Bonchev–Trinajstić information content (AvgIpc) is 3.10. The van der Waals surface area contributed by atoms with Crippen LogP contribution in [-0.4, -0.2) is 71.5 Å². The number of anilines is 1. The predicted molar refractivity (Wildman–Crippen MR) is 165 cm³/mol. The van der Waals surface area contributed by atoms with Crippen molar-refractivity contribution in [2.24, 2.45) is 11.3 Å². The van der Waals surface area contributed by atoms with Crippen molar-refractivity contribution in [1.82, 2.24) is 4.90 Å². The Balaban J connectivity index is 1.48. The van der Waals surface area contributed by atoms with Crippen LogP contribution in [0.15, 0.2) is 48.6 Å². The first-order valence-corrected chi connectivity index (χ1v) is 15.7. The molecule has 43 heavy (non-hydrogen) atoms. The van der Waals surface area contributed by atoms with Gasteiger partial charge in [0.25, 0.3) is 0 Å². The summed E-state index contributed by atoms with van der Waals surface area (Å²) in [5.74, 6) is -1.27. The smallest absolute Gasteiger partial charge is 0.340 e. The minimum Gasteiger partial charge on any atom is -0.490 e. The van der Waals surface area contributed by atoms with Crippen LogP contribution in [-0.2, 0) is 27.0 Å². The zero-order valence-corrected chi connectivity index (χ0v) is 25.6. The summed E-state index contributed by atoms with van der Waals surface area (Å²) in [5.41, 5.74) is 0.362. The number of amides is 1. The third-order valence-corrected chi connectivity index (χ3v) is 10.8. The Morgan fingerprint density at radius 2 is 1.93 bits per heavy atom. The van der Waals surface area contributed by atoms with Crippen LogP contribution in [0.4, 0.5) is 5.69 Å². The van der Waals surface area contributed by atoms with Gasteiger partial charge in [-0.2, -0.15) is 0 Å². The highest BCUT2D eigenvalue weighted by Crippen LogP contribution is 2.52. The summed E-state index contributed by atoms with van der Waals surface area (Å²) in [6, 6.07) is 11.1. The molecule has 1 fully saturated rings. The number of aliphatic hydroxyl groups is 2. The number of aliphatic carboxylic acids is 1. The van der Waals surface area contributed by atoms with Crippen molar-refractivity contribution in [3.05, 3.63) is 70.3 Å². The van der Waals surface area contributed by atoms with Gasteiger partial charge in [-0.05, 0) is 90.8 Å². The van der Waals surface area contributed by atoms with Crippen LogP contribution in [0.2, 0.25) is 5.02 Å². The molecule has 0 radical (unpaired) electrons. The number of hydrogen-bond donors (Lipinski definition) is 3. The van der Waals surface area contributed by atoms with Gasteiger partial charge >= 0.3 is 5.97 Å². The molecular weight excluding hydrogens is 568 g/mol. The molecule has 6 rings (SSSR count). The van der Waals surface area contributed by atoms with Crippen LogP contribution in [0.25, 0.3) is 0 Å². The Hall–Kier alpha value is -3.07. The number of benzene rings is 2. The fourth-order valence-electron chi connectivity index (χ4n) is 7.83. The molecule has 4 aliphatic rings. The maximum atomic E-state index is 13.1. The number of aryl methyl sites for hydroxylation is 1. The number of ether oxygens (including phenoxy) is 1. The molecule has 1 spiro atoms. The van der Waals surface area contributed by atoms with E-state index in [1.807, 2.05) is 18.2 Å². The van der Waals surface area contributed by atoms with E-state index >= 15 is 0 Å². The van der Waals surface area contributed by atoms with Gasteiger partial charge in [0.15, 0.2) is 5.60 Å². The van der Waals surface area contributed by atoms with Gasteiger partial charge in [-0.25, -0.2) is 4.79 Å². The van der Waals surface area contributed by atoms with Gasteiger partial charge < -0.3 is 29.9 Å². The van der Waals surface area contributed by atoms with Gasteiger partial charge in [0.2, 0.25) is 5.91 Å². The van der Waals surface area contributed by atoms with Crippen molar-refractivity contribution < 1.29 is 29.6 Å². The summed E-state index contributed by atoms with van der Waals surface area (Å²) in [7, 11) is 1.58. The van der Waals surface area contributed by atoms with Crippen molar-refractivity contribution in [3.63, 3.8) is 0 Å². The number of likely N-dealkylation sites (N-methyl/N-ethyl adjacent to an activating group) is 1. The number of nitrogens with zero attached hydrogens (tertiary/aromatic N) is 2. The molecule has 230 valence electrons. The number of rotatable bonds is 1. The molecular formula is C34H41ClN2O6. The van der Waals surface area contributed by atoms with Crippen molar-refractivity contribution >= 4 is 29.2 Å². The maximum absolute atomic E-state index is 13.1. The van der Waals surface area contributed by atoms with Crippen molar-refractivity contribution in [3.8, 4) is 5.75 Å². The fourth-order valence-corrected chi connectivity index (χ4v) is 8.03. The molecule has 8 nitrogen and oxygen atoms in total. The number of carboxylic acids is 1. The lowest BCUT2D eigenvalue weighted by Crippen LogP contribution is -2.54. The number of carbonyl (C=O) groups is 2. The Labute approximate surface area is 257 Å². The van der Waals surface area contributed by atoms with E-state index in [1.54, 1.807) is 25.2 Å². The first-order valence-electron chi connectivity index (χ1n) is 15.3. The third kappa shape index (κ3) is 5.32. The SMILES string of the molecule is CN1C/C=C\C[C@H](O)[C@@H]2CCC2(C)CN2C[C@@]3(CCCc4cc(Cl)ccc43)COc3ccc(cc32)[C@](O)(C(=O)O)CC1=O. The number of fused-ring (bicyclic) bond motifs is 4. The average molecular weight is 609 g/mol. The van der Waals surface area contributed by atoms with E-state index in [2.05, 4.69) is 24.0 Å². The van der Waals surface area contributed by atoms with E-state index in [0.29, 0.717) is 42.6 Å². The standard InChI is InChI=1S/C34H41ClN2O6/c1-32-14-12-26(32)28(38)7-3-4-15-36(2)30(39)18-34(42,31(40)41)23-8-11-29-27(17-23)37(19-32)20-33(21-43-29)13-5-6-22-16-24(35)9-10-25(22)33/h3-4,8-11,16-17,26,28,38,42H,5-7,12-15,18-21H2,1-2H3,(H,40,41)/b4-3-/t26-,28-,32?,33-,34-/m0/s1. The molecule has 2 aromatic rings. The number of carbonyl (C=O) groups excluding carboxylic acids is 1. The predicted octanol–water partition coefficient (Wildman–Crippen LogP) is 4.67. The highest BCUT2D eigenvalue weighted by atomic mass is 35.5. The molecule has 2 heterocycles. The van der Waals surface area contributed by atoms with Crippen molar-refractivity contribution in [1.29, 1.82) is 0 Å². The molecule has 1 saturated carbocycles. The summed E-state index contributed by atoms with van der Waals surface area (Å²) in [6.45, 7) is 4.20. The molecule has 2 aliphatic carbocycles. The quantitative estimate of drug-likeness (QED) is 0.404. The highest BCUT2D eigenvalue weighted by molar-refractivity contribution is 6.30. The van der Waals surface area contributed by atoms with Crippen molar-refractivity contribution in [2.75, 3.05) is 38.2 Å². The highest BCUT2D eigenvalue weighted by Gasteiger charge is 2.50. The number of carboxylic acid groups (broad SMARTS) is 1. The normalized spacial score (nSPS) is 33.5. The summed E-state index contributed by atoms with van der Waals surface area (Å²) in [6.07, 6.45) is 7.81. The first kappa shape index (κ1) is 30.0. The van der Waals surface area contributed by atoms with Gasteiger partial charge in [0.05, 0.1) is 24.8 Å². The molecule has 1 unspecified atom stereocenters. The number of aliphatic hydroxyl groups excluding tert-OH is 1. The van der Waals surface area contributed by atoms with Crippen LogP contribution < -0.4 is 9.64 Å². The molecule has 2 aliphatic heterocycles. The Bertz CT molecular complexity index is 1460. The lowest BCUT2D eigenvalue weighted by molar-refractivity contribution is -0.164. The molecule has 2 bridgehead atoms. The molecule has 0 saturated heterocycles. The van der Waals surface area contributed by atoms with E-state index in [1.165, 1.54) is 16.0 Å².